The van der Waals surface area contributed by atoms with Gasteiger partial charge in [-0.15, -0.1) is 0 Å². The van der Waals surface area contributed by atoms with E-state index >= 15 is 0 Å². The van der Waals surface area contributed by atoms with Crippen LogP contribution >= 0.6 is 11.8 Å². The number of thioether (sulfide) groups is 1. The van der Waals surface area contributed by atoms with E-state index in [0.717, 1.165) is 18.0 Å². The van der Waals surface area contributed by atoms with Gasteiger partial charge in [-0.3, -0.25) is 0 Å². The van der Waals surface area contributed by atoms with Crippen molar-refractivity contribution >= 4 is 29.0 Å². The Labute approximate surface area is 98.5 Å². The molecule has 1 atom stereocenters. The van der Waals surface area contributed by atoms with Crippen molar-refractivity contribution in [2.45, 2.75) is 12.2 Å². The average molecular weight is 237 g/mol. The predicted molar refractivity (Wildman–Crippen MR) is 68.9 cm³/mol. The molecule has 6 heteroatoms. The molecule has 0 spiro atoms. The molecule has 1 unspecified atom stereocenters. The van der Waals surface area contributed by atoms with Crippen LogP contribution in [-0.2, 0) is 0 Å². The number of hydrogen-bond acceptors (Lipinski definition) is 5. The summed E-state index contributed by atoms with van der Waals surface area (Å²) in [6.45, 7) is 3.01. The van der Waals surface area contributed by atoms with Gasteiger partial charge in [0.05, 0.1) is 6.20 Å². The Bertz CT molecular complexity index is 481. The van der Waals surface area contributed by atoms with Crippen LogP contribution in [0.25, 0.3) is 5.65 Å². The number of nitrogens with two attached hydrogens (primary N) is 1. The van der Waals surface area contributed by atoms with Crippen LogP contribution in [0.5, 0.6) is 0 Å². The molecule has 0 aliphatic carbocycles. The molecule has 16 heavy (non-hydrogen) atoms. The number of aromatic nitrogens is 3. The molecular weight excluding hydrogens is 222 g/mol. The molecule has 2 rings (SSSR count). The summed E-state index contributed by atoms with van der Waals surface area (Å²) in [7, 11) is 0. The van der Waals surface area contributed by atoms with E-state index in [0.29, 0.717) is 11.1 Å². The van der Waals surface area contributed by atoms with Gasteiger partial charge in [0.2, 0.25) is 0 Å². The molecule has 2 heterocycles. The molecule has 0 bridgehead atoms. The first-order valence-corrected chi connectivity index (χ1v) is 6.35. The Morgan fingerprint density at radius 2 is 2.44 bits per heavy atom. The molecule has 2 aromatic heterocycles. The Morgan fingerprint density at radius 3 is 3.19 bits per heavy atom. The van der Waals surface area contributed by atoms with Crippen LogP contribution in [0.1, 0.15) is 6.92 Å². The largest absolute Gasteiger partial charge is 0.382 e. The Hall–Kier alpha value is -1.43. The molecule has 0 saturated carbocycles. The van der Waals surface area contributed by atoms with Crippen molar-refractivity contribution in [3.8, 4) is 0 Å². The second-order valence-corrected chi connectivity index (χ2v) is 4.88. The van der Waals surface area contributed by atoms with Crippen LogP contribution in [0.3, 0.4) is 0 Å². The molecule has 5 nitrogen and oxygen atoms in total. The van der Waals surface area contributed by atoms with E-state index in [4.69, 9.17) is 5.73 Å². The molecule has 3 N–H and O–H groups in total. The van der Waals surface area contributed by atoms with E-state index in [-0.39, 0.29) is 0 Å². The van der Waals surface area contributed by atoms with Gasteiger partial charge < -0.3 is 15.5 Å². The highest BCUT2D eigenvalue weighted by Gasteiger charge is 2.07. The fourth-order valence-electron chi connectivity index (χ4n) is 1.39. The van der Waals surface area contributed by atoms with Crippen molar-refractivity contribution < 1.29 is 0 Å². The highest BCUT2D eigenvalue weighted by atomic mass is 32.2. The third-order valence-corrected chi connectivity index (χ3v) is 3.32. The summed E-state index contributed by atoms with van der Waals surface area (Å²) in [6.07, 6.45) is 7.44. The van der Waals surface area contributed by atoms with Crippen molar-refractivity contribution in [1.82, 2.24) is 14.4 Å². The van der Waals surface area contributed by atoms with Crippen molar-refractivity contribution in [3.63, 3.8) is 0 Å². The Balaban J connectivity index is 2.25. The lowest BCUT2D eigenvalue weighted by molar-refractivity contribution is 0.986. The zero-order chi connectivity index (χ0) is 11.5. The summed E-state index contributed by atoms with van der Waals surface area (Å²) in [5, 5.41) is 3.80. The van der Waals surface area contributed by atoms with Crippen molar-refractivity contribution in [3.05, 3.63) is 18.6 Å². The normalized spacial score (nSPS) is 12.9. The van der Waals surface area contributed by atoms with Crippen LogP contribution in [0.2, 0.25) is 0 Å². The van der Waals surface area contributed by atoms with E-state index in [9.17, 15) is 0 Å². The predicted octanol–water partition coefficient (Wildman–Crippen LogP) is 1.47. The van der Waals surface area contributed by atoms with Gasteiger partial charge in [0, 0.05) is 24.2 Å². The quantitative estimate of drug-likeness (QED) is 0.843. The zero-order valence-corrected chi connectivity index (χ0v) is 10.2. The molecule has 86 valence electrons. The van der Waals surface area contributed by atoms with Crippen LogP contribution in [0.15, 0.2) is 18.6 Å². The van der Waals surface area contributed by atoms with Gasteiger partial charge in [-0.25, -0.2) is 9.97 Å². The number of hydrogen-bond donors (Lipinski definition) is 2. The van der Waals surface area contributed by atoms with Gasteiger partial charge in [-0.05, 0) is 6.26 Å². The summed E-state index contributed by atoms with van der Waals surface area (Å²) < 4.78 is 1.87. The van der Waals surface area contributed by atoms with Crippen LogP contribution in [0, 0.1) is 0 Å². The SMILES string of the molecule is CSC(C)CNc1nc(N)cn2ccnc12. The van der Waals surface area contributed by atoms with Crippen LogP contribution < -0.4 is 11.1 Å². The molecule has 0 fully saturated rings. The number of nitrogens with one attached hydrogen (secondary N) is 1. The molecule has 0 aliphatic rings. The molecule has 0 aromatic carbocycles. The fraction of sp³-hybridized carbons (Fsp3) is 0.400. The lowest BCUT2D eigenvalue weighted by Crippen LogP contribution is -2.15. The molecule has 0 radical (unpaired) electrons. The summed E-state index contributed by atoms with van der Waals surface area (Å²) in [5.41, 5.74) is 6.53. The highest BCUT2D eigenvalue weighted by molar-refractivity contribution is 7.99. The molecular formula is C10H15N5S. The Kier molecular flexibility index (Phi) is 3.19. The molecule has 0 aliphatic heterocycles. The maximum atomic E-state index is 5.72. The van der Waals surface area contributed by atoms with Gasteiger partial charge in [0.1, 0.15) is 5.82 Å². The maximum Gasteiger partial charge on any atom is 0.180 e. The molecule has 0 saturated heterocycles. The number of imidazole rings is 1. The van der Waals surface area contributed by atoms with Gasteiger partial charge in [0.25, 0.3) is 0 Å². The first-order valence-electron chi connectivity index (χ1n) is 5.06. The minimum Gasteiger partial charge on any atom is -0.382 e. The first-order chi connectivity index (χ1) is 7.70. The summed E-state index contributed by atoms with van der Waals surface area (Å²) in [5.74, 6) is 1.23. The summed E-state index contributed by atoms with van der Waals surface area (Å²) in [4.78, 5) is 8.49. The lowest BCUT2D eigenvalue weighted by atomic mass is 10.4. The third-order valence-electron chi connectivity index (χ3n) is 2.35. The monoisotopic (exact) mass is 237 g/mol. The van der Waals surface area contributed by atoms with E-state index < -0.39 is 0 Å². The van der Waals surface area contributed by atoms with E-state index in [1.54, 1.807) is 24.2 Å². The Morgan fingerprint density at radius 1 is 1.62 bits per heavy atom. The highest BCUT2D eigenvalue weighted by Crippen LogP contribution is 2.15. The van der Waals surface area contributed by atoms with Crippen molar-refractivity contribution in [2.75, 3.05) is 23.9 Å². The maximum absolute atomic E-state index is 5.72. The van der Waals surface area contributed by atoms with E-state index in [1.165, 1.54) is 0 Å². The minimum absolute atomic E-state index is 0.491. The standard InChI is InChI=1S/C10H15N5S/c1-7(16-2)5-13-9-10-12-3-4-15(10)6-8(11)14-9/h3-4,6-7H,5,11H2,1-2H3,(H,13,14). The average Bonchev–Trinajstić information content (AvgIpc) is 2.73. The third kappa shape index (κ3) is 2.21. The van der Waals surface area contributed by atoms with E-state index in [2.05, 4.69) is 28.5 Å². The molecule has 2 aromatic rings. The summed E-state index contributed by atoms with van der Waals surface area (Å²) in [6, 6.07) is 0. The number of anilines is 2. The molecule has 0 amide bonds. The van der Waals surface area contributed by atoms with Gasteiger partial charge in [0.15, 0.2) is 11.5 Å². The smallest absolute Gasteiger partial charge is 0.180 e. The zero-order valence-electron chi connectivity index (χ0n) is 9.34. The first kappa shape index (κ1) is 11.1. The lowest BCUT2D eigenvalue weighted by Gasteiger charge is -2.11. The van der Waals surface area contributed by atoms with Gasteiger partial charge in [-0.2, -0.15) is 11.8 Å². The second kappa shape index (κ2) is 4.61. The van der Waals surface area contributed by atoms with Gasteiger partial charge in [-0.1, -0.05) is 6.92 Å². The number of nitrogen functional groups attached to an aromatic ring is 1. The van der Waals surface area contributed by atoms with Crippen molar-refractivity contribution in [2.24, 2.45) is 0 Å². The number of fused-ring (bicyclic) bond motifs is 1. The van der Waals surface area contributed by atoms with E-state index in [1.807, 2.05) is 10.6 Å². The van der Waals surface area contributed by atoms with Gasteiger partial charge >= 0.3 is 0 Å². The fourth-order valence-corrected chi connectivity index (χ4v) is 1.64. The van der Waals surface area contributed by atoms with Crippen LogP contribution in [0.4, 0.5) is 11.6 Å². The van der Waals surface area contributed by atoms with Crippen LogP contribution in [-0.4, -0.2) is 32.4 Å². The van der Waals surface area contributed by atoms with Crippen molar-refractivity contribution in [1.29, 1.82) is 0 Å². The second-order valence-electron chi connectivity index (χ2n) is 3.60. The summed E-state index contributed by atoms with van der Waals surface area (Å²) >= 11 is 1.81. The topological polar surface area (TPSA) is 68.2 Å². The number of nitrogens with zero attached hydrogens (tertiary/aromatic N) is 3. The number of rotatable bonds is 4. The minimum atomic E-state index is 0.491.